The van der Waals surface area contributed by atoms with Crippen LogP contribution >= 0.6 is 11.3 Å². The quantitative estimate of drug-likeness (QED) is 0.749. The van der Waals surface area contributed by atoms with E-state index in [9.17, 15) is 0 Å². The van der Waals surface area contributed by atoms with E-state index in [1.165, 1.54) is 10.4 Å². The third-order valence-corrected chi connectivity index (χ3v) is 3.78. The molecule has 0 aliphatic carbocycles. The van der Waals surface area contributed by atoms with Crippen molar-refractivity contribution in [2.45, 2.75) is 13.1 Å². The van der Waals surface area contributed by atoms with Gasteiger partial charge in [-0.2, -0.15) is 0 Å². The van der Waals surface area contributed by atoms with Crippen molar-refractivity contribution in [3.8, 4) is 10.6 Å². The normalized spacial score (nSPS) is 10.7. The second-order valence-electron chi connectivity index (χ2n) is 4.17. The maximum atomic E-state index is 4.42. The molecule has 0 aromatic carbocycles. The van der Waals surface area contributed by atoms with Crippen LogP contribution in [0.15, 0.2) is 49.1 Å². The van der Waals surface area contributed by atoms with E-state index >= 15 is 0 Å². The Balaban J connectivity index is 1.56. The molecule has 19 heavy (non-hydrogen) atoms. The van der Waals surface area contributed by atoms with E-state index in [0.717, 1.165) is 23.8 Å². The fourth-order valence-corrected chi connectivity index (χ4v) is 2.69. The first kappa shape index (κ1) is 12.1. The number of pyridine rings is 1. The van der Waals surface area contributed by atoms with E-state index < -0.39 is 0 Å². The summed E-state index contributed by atoms with van der Waals surface area (Å²) in [7, 11) is 0. The van der Waals surface area contributed by atoms with Crippen molar-refractivity contribution in [2.24, 2.45) is 0 Å². The number of rotatable bonds is 5. The zero-order valence-corrected chi connectivity index (χ0v) is 11.2. The number of nitrogens with one attached hydrogen (secondary N) is 2. The highest BCUT2D eigenvalue weighted by Gasteiger charge is 2.04. The van der Waals surface area contributed by atoms with Gasteiger partial charge in [0, 0.05) is 37.9 Å². The number of H-pyrrole nitrogens is 1. The molecule has 5 heteroatoms. The van der Waals surface area contributed by atoms with Crippen molar-refractivity contribution in [3.63, 3.8) is 0 Å². The van der Waals surface area contributed by atoms with E-state index in [2.05, 4.69) is 32.4 Å². The zero-order chi connectivity index (χ0) is 12.9. The summed E-state index contributed by atoms with van der Waals surface area (Å²) in [6.45, 7) is 1.59. The molecule has 0 saturated heterocycles. The Morgan fingerprint density at radius 2 is 2.16 bits per heavy atom. The van der Waals surface area contributed by atoms with E-state index in [4.69, 9.17) is 0 Å². The van der Waals surface area contributed by atoms with Crippen molar-refractivity contribution >= 4 is 11.3 Å². The van der Waals surface area contributed by atoms with Crippen LogP contribution in [0, 0.1) is 0 Å². The zero-order valence-electron chi connectivity index (χ0n) is 10.3. The third-order valence-electron chi connectivity index (χ3n) is 2.75. The van der Waals surface area contributed by atoms with Gasteiger partial charge in [-0.1, -0.05) is 6.07 Å². The second kappa shape index (κ2) is 5.77. The number of hydrogen-bond acceptors (Lipinski definition) is 4. The molecule has 0 amide bonds. The van der Waals surface area contributed by atoms with Gasteiger partial charge in [0.25, 0.3) is 0 Å². The maximum absolute atomic E-state index is 4.42. The summed E-state index contributed by atoms with van der Waals surface area (Å²) in [5.74, 6) is 0. The fraction of sp³-hybridized carbons (Fsp3) is 0.143. The lowest BCUT2D eigenvalue weighted by atomic mass is 10.3. The smallest absolute Gasteiger partial charge is 0.107 e. The van der Waals surface area contributed by atoms with Crippen LogP contribution in [0.3, 0.4) is 0 Å². The van der Waals surface area contributed by atoms with Gasteiger partial charge in [-0.3, -0.25) is 4.98 Å². The molecule has 0 atom stereocenters. The van der Waals surface area contributed by atoms with Crippen molar-refractivity contribution in [3.05, 3.63) is 59.6 Å². The summed E-state index contributed by atoms with van der Waals surface area (Å²) in [5.41, 5.74) is 2.31. The molecule has 0 unspecified atom stereocenters. The molecule has 3 heterocycles. The molecule has 0 spiro atoms. The molecule has 2 N–H and O–H groups in total. The first-order chi connectivity index (χ1) is 9.42. The molecule has 96 valence electrons. The predicted octanol–water partition coefficient (Wildman–Crippen LogP) is 2.82. The monoisotopic (exact) mass is 270 g/mol. The third kappa shape index (κ3) is 3.07. The van der Waals surface area contributed by atoms with Crippen LogP contribution in [0.25, 0.3) is 10.6 Å². The first-order valence-corrected chi connectivity index (χ1v) is 6.91. The minimum atomic E-state index is 0.778. The van der Waals surface area contributed by atoms with Crippen molar-refractivity contribution in [1.82, 2.24) is 20.3 Å². The van der Waals surface area contributed by atoms with Crippen LogP contribution in [-0.2, 0) is 13.1 Å². The van der Waals surface area contributed by atoms with Gasteiger partial charge < -0.3 is 10.3 Å². The Hall–Kier alpha value is -1.98. The summed E-state index contributed by atoms with van der Waals surface area (Å²) >= 11 is 1.71. The van der Waals surface area contributed by atoms with E-state index in [-0.39, 0.29) is 0 Å². The average Bonchev–Trinajstić information content (AvgIpc) is 3.10. The van der Waals surface area contributed by atoms with Crippen LogP contribution in [-0.4, -0.2) is 15.0 Å². The van der Waals surface area contributed by atoms with Gasteiger partial charge in [-0.15, -0.1) is 11.3 Å². The van der Waals surface area contributed by atoms with Crippen LogP contribution in [0.4, 0.5) is 0 Å². The summed E-state index contributed by atoms with van der Waals surface area (Å²) in [6.07, 6.45) is 7.50. The van der Waals surface area contributed by atoms with Gasteiger partial charge in [0.15, 0.2) is 0 Å². The van der Waals surface area contributed by atoms with Crippen LogP contribution in [0.5, 0.6) is 0 Å². The maximum Gasteiger partial charge on any atom is 0.107 e. The highest BCUT2D eigenvalue weighted by atomic mass is 32.1. The minimum Gasteiger partial charge on any atom is -0.360 e. The topological polar surface area (TPSA) is 53.6 Å². The molecule has 3 aromatic heterocycles. The first-order valence-electron chi connectivity index (χ1n) is 6.10. The average molecular weight is 270 g/mol. The molecular formula is C14H14N4S. The lowest BCUT2D eigenvalue weighted by molar-refractivity contribution is 0.688. The van der Waals surface area contributed by atoms with Gasteiger partial charge in [0.05, 0.1) is 10.6 Å². The second-order valence-corrected chi connectivity index (χ2v) is 5.28. The number of hydrogen-bond donors (Lipinski definition) is 2. The molecule has 0 aliphatic heterocycles. The van der Waals surface area contributed by atoms with Gasteiger partial charge in [-0.05, 0) is 23.8 Å². The molecule has 0 aliphatic rings. The molecule has 0 fully saturated rings. The lowest BCUT2D eigenvalue weighted by Gasteiger charge is -2.01. The molecular weight excluding hydrogens is 256 g/mol. The largest absolute Gasteiger partial charge is 0.360 e. The molecule has 3 rings (SSSR count). The van der Waals surface area contributed by atoms with Gasteiger partial charge >= 0.3 is 0 Å². The predicted molar refractivity (Wildman–Crippen MR) is 76.7 cm³/mol. The fourth-order valence-electron chi connectivity index (χ4n) is 1.82. The molecule has 4 nitrogen and oxygen atoms in total. The van der Waals surface area contributed by atoms with Crippen LogP contribution in [0.1, 0.15) is 10.6 Å². The van der Waals surface area contributed by atoms with Crippen molar-refractivity contribution in [1.29, 1.82) is 0 Å². The van der Waals surface area contributed by atoms with Gasteiger partial charge in [0.1, 0.15) is 5.01 Å². The van der Waals surface area contributed by atoms with Crippen LogP contribution < -0.4 is 5.32 Å². The van der Waals surface area contributed by atoms with E-state index in [1.807, 2.05) is 30.7 Å². The standard InChI is InChI=1S/C14H14N4S/c1-3-11(7-15-5-1)8-16-10-14-18-9-13(19-14)12-4-2-6-17-12/h1-7,9,16-17H,8,10H2. The Morgan fingerprint density at radius 3 is 2.95 bits per heavy atom. The highest BCUT2D eigenvalue weighted by molar-refractivity contribution is 7.15. The summed E-state index contributed by atoms with van der Waals surface area (Å²) in [6, 6.07) is 8.06. The Morgan fingerprint density at radius 1 is 1.16 bits per heavy atom. The summed E-state index contributed by atoms with van der Waals surface area (Å²) in [5, 5.41) is 4.47. The highest BCUT2D eigenvalue weighted by Crippen LogP contribution is 2.24. The number of aromatic amines is 1. The Kier molecular flexibility index (Phi) is 3.67. The molecule has 0 saturated carbocycles. The van der Waals surface area contributed by atoms with Gasteiger partial charge in [-0.25, -0.2) is 4.98 Å². The molecule has 0 radical (unpaired) electrons. The van der Waals surface area contributed by atoms with E-state index in [1.54, 1.807) is 17.5 Å². The number of thiazole rings is 1. The number of aromatic nitrogens is 3. The summed E-state index contributed by atoms with van der Waals surface area (Å²) < 4.78 is 0. The van der Waals surface area contributed by atoms with Crippen LogP contribution in [0.2, 0.25) is 0 Å². The lowest BCUT2D eigenvalue weighted by Crippen LogP contribution is -2.12. The SMILES string of the molecule is c1cncc(CNCc2ncc(-c3ccc[nH]3)s2)c1. The summed E-state index contributed by atoms with van der Waals surface area (Å²) in [4.78, 5) is 12.9. The molecule has 3 aromatic rings. The molecule has 0 bridgehead atoms. The Bertz CT molecular complexity index is 616. The van der Waals surface area contributed by atoms with Crippen molar-refractivity contribution < 1.29 is 0 Å². The minimum absolute atomic E-state index is 0.778. The number of nitrogens with zero attached hydrogens (tertiary/aromatic N) is 2. The van der Waals surface area contributed by atoms with E-state index in [0.29, 0.717) is 0 Å². The van der Waals surface area contributed by atoms with Gasteiger partial charge in [0.2, 0.25) is 0 Å². The van der Waals surface area contributed by atoms with Crippen molar-refractivity contribution in [2.75, 3.05) is 0 Å². The Labute approximate surface area is 115 Å².